The number of pyridine rings is 1. The molecule has 6 nitrogen and oxygen atoms in total. The lowest BCUT2D eigenvalue weighted by Crippen LogP contribution is -2.38. The number of fused-ring (bicyclic) bond motifs is 1. The predicted molar refractivity (Wildman–Crippen MR) is 83.4 cm³/mol. The molecule has 1 aromatic rings. The van der Waals surface area contributed by atoms with Crippen LogP contribution < -0.4 is 10.2 Å². The van der Waals surface area contributed by atoms with Crippen LogP contribution in [0, 0.1) is 11.8 Å². The second-order valence-corrected chi connectivity index (χ2v) is 8.40. The van der Waals surface area contributed by atoms with Gasteiger partial charge in [-0.1, -0.05) is 0 Å². The van der Waals surface area contributed by atoms with Gasteiger partial charge in [0.25, 0.3) is 0 Å². The highest BCUT2D eigenvalue weighted by molar-refractivity contribution is 7.90. The van der Waals surface area contributed by atoms with Crippen LogP contribution in [-0.4, -0.2) is 45.2 Å². The number of rotatable bonds is 3. The smallest absolute Gasteiger partial charge is 0.220 e. The summed E-state index contributed by atoms with van der Waals surface area (Å²) in [6.45, 7) is 0.772. The lowest BCUT2D eigenvalue weighted by Gasteiger charge is -2.25. The predicted octanol–water partition coefficient (Wildman–Crippen LogP) is 0.836. The van der Waals surface area contributed by atoms with Gasteiger partial charge in [-0.05, 0) is 36.8 Å². The maximum absolute atomic E-state index is 11.5. The van der Waals surface area contributed by atoms with E-state index in [1.165, 1.54) is 12.5 Å². The molecule has 0 spiro atoms. The van der Waals surface area contributed by atoms with Crippen molar-refractivity contribution in [1.29, 1.82) is 0 Å². The van der Waals surface area contributed by atoms with Crippen LogP contribution in [0.15, 0.2) is 23.2 Å². The van der Waals surface area contributed by atoms with E-state index >= 15 is 0 Å². The molecule has 1 amide bonds. The minimum absolute atomic E-state index is 0.153. The zero-order valence-electron chi connectivity index (χ0n) is 12.8. The number of hydrogen-bond acceptors (Lipinski definition) is 5. The van der Waals surface area contributed by atoms with E-state index in [9.17, 15) is 13.2 Å². The standard InChI is InChI=1S/C15H21N3O3S/c1-18(14-4-3-13(9-16-14)22(2,20)21)12-5-10-7-15(19)17-8-11(10)6-12/h3-4,9-12H,5-8H2,1-2H3,(H,17,19)/t10-,11+,12-/m0/s1. The van der Waals surface area contributed by atoms with Crippen LogP contribution in [-0.2, 0) is 14.6 Å². The van der Waals surface area contributed by atoms with Gasteiger partial charge in [0.15, 0.2) is 9.84 Å². The van der Waals surface area contributed by atoms with Gasteiger partial charge in [-0.15, -0.1) is 0 Å². The molecule has 0 unspecified atom stereocenters. The fourth-order valence-electron chi connectivity index (χ4n) is 3.54. The lowest BCUT2D eigenvalue weighted by atomic mass is 9.89. The summed E-state index contributed by atoms with van der Waals surface area (Å²) in [5.41, 5.74) is 0. The van der Waals surface area contributed by atoms with Gasteiger partial charge in [0.2, 0.25) is 5.91 Å². The number of sulfone groups is 1. The van der Waals surface area contributed by atoms with Crippen molar-refractivity contribution in [3.63, 3.8) is 0 Å². The van der Waals surface area contributed by atoms with Crippen molar-refractivity contribution in [3.05, 3.63) is 18.3 Å². The Morgan fingerprint density at radius 3 is 2.64 bits per heavy atom. The van der Waals surface area contributed by atoms with Crippen LogP contribution in [0.3, 0.4) is 0 Å². The molecule has 22 heavy (non-hydrogen) atoms. The Balaban J connectivity index is 1.72. The summed E-state index contributed by atoms with van der Waals surface area (Å²) >= 11 is 0. The quantitative estimate of drug-likeness (QED) is 0.891. The molecular formula is C15H21N3O3S. The third-order valence-electron chi connectivity index (χ3n) is 4.88. The van der Waals surface area contributed by atoms with Gasteiger partial charge in [-0.3, -0.25) is 4.79 Å². The van der Waals surface area contributed by atoms with Crippen LogP contribution >= 0.6 is 0 Å². The molecule has 3 atom stereocenters. The van der Waals surface area contributed by atoms with Gasteiger partial charge < -0.3 is 10.2 Å². The van der Waals surface area contributed by atoms with E-state index in [4.69, 9.17) is 0 Å². The first-order valence-electron chi connectivity index (χ1n) is 7.50. The molecule has 1 aliphatic carbocycles. The number of carbonyl (C=O) groups is 1. The van der Waals surface area contributed by atoms with Crippen LogP contribution in [0.5, 0.6) is 0 Å². The molecule has 1 saturated carbocycles. The first-order valence-corrected chi connectivity index (χ1v) is 9.39. The fourth-order valence-corrected chi connectivity index (χ4v) is 4.10. The molecule has 3 rings (SSSR count). The molecule has 120 valence electrons. The number of anilines is 1. The highest BCUT2D eigenvalue weighted by atomic mass is 32.2. The van der Waals surface area contributed by atoms with Gasteiger partial charge in [-0.2, -0.15) is 0 Å². The van der Waals surface area contributed by atoms with E-state index in [0.29, 0.717) is 24.3 Å². The van der Waals surface area contributed by atoms with E-state index < -0.39 is 9.84 Å². The van der Waals surface area contributed by atoms with Gasteiger partial charge in [0, 0.05) is 38.5 Å². The molecule has 2 aliphatic rings. The van der Waals surface area contributed by atoms with Crippen LogP contribution in [0.1, 0.15) is 19.3 Å². The average molecular weight is 323 g/mol. The summed E-state index contributed by atoms with van der Waals surface area (Å²) < 4.78 is 23.0. The lowest BCUT2D eigenvalue weighted by molar-refractivity contribution is -0.124. The average Bonchev–Trinajstić information content (AvgIpc) is 2.88. The molecule has 1 saturated heterocycles. The van der Waals surface area contributed by atoms with Crippen molar-refractivity contribution in [1.82, 2.24) is 10.3 Å². The molecule has 2 fully saturated rings. The van der Waals surface area contributed by atoms with Crippen LogP contribution in [0.4, 0.5) is 5.82 Å². The van der Waals surface area contributed by atoms with Crippen molar-refractivity contribution in [2.24, 2.45) is 11.8 Å². The number of carbonyl (C=O) groups excluding carboxylic acids is 1. The molecule has 1 aliphatic heterocycles. The Morgan fingerprint density at radius 1 is 1.27 bits per heavy atom. The van der Waals surface area contributed by atoms with Gasteiger partial charge in [0.1, 0.15) is 5.82 Å². The number of aromatic nitrogens is 1. The minimum Gasteiger partial charge on any atom is -0.357 e. The van der Waals surface area contributed by atoms with Crippen LogP contribution in [0.2, 0.25) is 0 Å². The number of amides is 1. The molecule has 1 aromatic heterocycles. The molecule has 0 radical (unpaired) electrons. The Morgan fingerprint density at radius 2 is 2.00 bits per heavy atom. The number of nitrogens with zero attached hydrogens (tertiary/aromatic N) is 2. The van der Waals surface area contributed by atoms with Gasteiger partial charge in [0.05, 0.1) is 4.90 Å². The van der Waals surface area contributed by atoms with E-state index in [-0.39, 0.29) is 10.8 Å². The molecule has 0 aromatic carbocycles. The third-order valence-corrected chi connectivity index (χ3v) is 5.98. The second kappa shape index (κ2) is 5.53. The first-order chi connectivity index (χ1) is 10.3. The Kier molecular flexibility index (Phi) is 3.84. The Hall–Kier alpha value is -1.63. The third kappa shape index (κ3) is 2.95. The van der Waals surface area contributed by atoms with E-state index in [1.54, 1.807) is 12.1 Å². The maximum Gasteiger partial charge on any atom is 0.220 e. The summed E-state index contributed by atoms with van der Waals surface area (Å²) in [6, 6.07) is 3.70. The SMILES string of the molecule is CN(c1ccc(S(C)(=O)=O)cn1)[C@H]1C[C@H]2CC(=O)NC[C@H]2C1. The highest BCUT2D eigenvalue weighted by Crippen LogP contribution is 2.39. The van der Waals surface area contributed by atoms with Gasteiger partial charge >= 0.3 is 0 Å². The van der Waals surface area contributed by atoms with Crippen LogP contribution in [0.25, 0.3) is 0 Å². The number of nitrogens with one attached hydrogen (secondary N) is 1. The molecule has 1 N–H and O–H groups in total. The second-order valence-electron chi connectivity index (χ2n) is 6.39. The molecule has 2 heterocycles. The number of hydrogen-bond donors (Lipinski definition) is 1. The summed E-state index contributed by atoms with van der Waals surface area (Å²) in [6.07, 6.45) is 5.24. The molecule has 7 heteroatoms. The first kappa shape index (κ1) is 15.3. The topological polar surface area (TPSA) is 79.4 Å². The summed E-state index contributed by atoms with van der Waals surface area (Å²) in [7, 11) is -1.23. The monoisotopic (exact) mass is 323 g/mol. The van der Waals surface area contributed by atoms with E-state index in [1.807, 2.05) is 7.05 Å². The zero-order valence-corrected chi connectivity index (χ0v) is 13.6. The highest BCUT2D eigenvalue weighted by Gasteiger charge is 2.39. The summed E-state index contributed by atoms with van der Waals surface area (Å²) in [5, 5.41) is 2.94. The van der Waals surface area contributed by atoms with Crippen molar-refractivity contribution >= 4 is 21.6 Å². The Labute approximate surface area is 130 Å². The van der Waals surface area contributed by atoms with E-state index in [0.717, 1.165) is 25.2 Å². The molecule has 0 bridgehead atoms. The zero-order chi connectivity index (χ0) is 15.9. The van der Waals surface area contributed by atoms with Gasteiger partial charge in [-0.25, -0.2) is 13.4 Å². The normalized spacial score (nSPS) is 28.1. The fraction of sp³-hybridized carbons (Fsp3) is 0.600. The van der Waals surface area contributed by atoms with Crippen molar-refractivity contribution in [3.8, 4) is 0 Å². The maximum atomic E-state index is 11.5. The Bertz CT molecular complexity index is 672. The van der Waals surface area contributed by atoms with Crippen molar-refractivity contribution in [2.75, 3.05) is 24.7 Å². The molecular weight excluding hydrogens is 302 g/mol. The largest absolute Gasteiger partial charge is 0.357 e. The van der Waals surface area contributed by atoms with E-state index in [2.05, 4.69) is 15.2 Å². The van der Waals surface area contributed by atoms with Crippen molar-refractivity contribution in [2.45, 2.75) is 30.2 Å². The van der Waals surface area contributed by atoms with Crippen molar-refractivity contribution < 1.29 is 13.2 Å². The minimum atomic E-state index is -3.21. The summed E-state index contributed by atoms with van der Waals surface area (Å²) in [4.78, 5) is 18.1. The number of piperidine rings is 1. The summed E-state index contributed by atoms with van der Waals surface area (Å²) in [5.74, 6) is 1.92.